The second kappa shape index (κ2) is 7.56. The Kier molecular flexibility index (Phi) is 5.12. The summed E-state index contributed by atoms with van der Waals surface area (Å²) in [5.74, 6) is 0. The predicted molar refractivity (Wildman–Crippen MR) is 103 cm³/mol. The standard InChI is InChI=1S/C21H27N3O4/c1-15(2)23-11-17(10-22-23)21(26)8-18-13-27-14-19(9-21)24(18)20(25)28-12-16-6-4-3-5-7-16/h3-7,10-11,15,18-19,26H,8-9,12-14H2,1-2H3. The van der Waals surface area contributed by atoms with E-state index >= 15 is 0 Å². The highest BCUT2D eigenvalue weighted by Crippen LogP contribution is 2.41. The number of morpholine rings is 1. The number of carbonyl (C=O) groups excluding carboxylic acids is 1. The van der Waals surface area contributed by atoms with Crippen LogP contribution in [-0.2, 0) is 21.7 Å². The molecule has 2 fully saturated rings. The van der Waals surface area contributed by atoms with Crippen LogP contribution in [0.15, 0.2) is 42.7 Å². The van der Waals surface area contributed by atoms with Crippen molar-refractivity contribution in [2.45, 2.75) is 57.0 Å². The number of rotatable bonds is 4. The second-order valence-electron chi connectivity index (χ2n) is 8.04. The Balaban J connectivity index is 1.47. The highest BCUT2D eigenvalue weighted by Gasteiger charge is 2.49. The Labute approximate surface area is 164 Å². The topological polar surface area (TPSA) is 76.8 Å². The molecule has 0 saturated carbocycles. The van der Waals surface area contributed by atoms with E-state index in [0.29, 0.717) is 26.1 Å². The minimum absolute atomic E-state index is 0.219. The number of benzene rings is 1. The molecular formula is C21H27N3O4. The van der Waals surface area contributed by atoms with Crippen molar-refractivity contribution in [2.75, 3.05) is 13.2 Å². The summed E-state index contributed by atoms with van der Waals surface area (Å²) < 4.78 is 13.1. The van der Waals surface area contributed by atoms with Crippen molar-refractivity contribution < 1.29 is 19.4 Å². The molecule has 0 spiro atoms. The van der Waals surface area contributed by atoms with E-state index in [1.54, 1.807) is 11.1 Å². The summed E-state index contributed by atoms with van der Waals surface area (Å²) >= 11 is 0. The van der Waals surface area contributed by atoms with Gasteiger partial charge in [-0.15, -0.1) is 0 Å². The second-order valence-corrected chi connectivity index (χ2v) is 8.04. The maximum atomic E-state index is 12.8. The van der Waals surface area contributed by atoms with Crippen molar-refractivity contribution >= 4 is 6.09 Å². The van der Waals surface area contributed by atoms with E-state index in [1.165, 1.54) is 0 Å². The molecule has 4 rings (SSSR count). The zero-order chi connectivity index (χ0) is 19.7. The molecule has 2 saturated heterocycles. The summed E-state index contributed by atoms with van der Waals surface area (Å²) in [4.78, 5) is 14.5. The van der Waals surface area contributed by atoms with Crippen molar-refractivity contribution in [1.29, 1.82) is 0 Å². The van der Waals surface area contributed by atoms with Gasteiger partial charge in [0.15, 0.2) is 0 Å². The molecular weight excluding hydrogens is 358 g/mol. The largest absolute Gasteiger partial charge is 0.445 e. The maximum Gasteiger partial charge on any atom is 0.410 e. The van der Waals surface area contributed by atoms with Gasteiger partial charge in [0.1, 0.15) is 6.61 Å². The summed E-state index contributed by atoms with van der Waals surface area (Å²) in [5.41, 5.74) is 0.741. The van der Waals surface area contributed by atoms with Crippen LogP contribution >= 0.6 is 0 Å². The third-order valence-electron chi connectivity index (χ3n) is 5.64. The number of ether oxygens (including phenoxy) is 2. The van der Waals surface area contributed by atoms with Crippen molar-refractivity contribution in [2.24, 2.45) is 0 Å². The lowest BCUT2D eigenvalue weighted by Crippen LogP contribution is -2.62. The molecule has 0 aliphatic carbocycles. The molecule has 2 atom stereocenters. The molecule has 7 heteroatoms. The molecule has 0 radical (unpaired) electrons. The minimum atomic E-state index is -1.01. The Morgan fingerprint density at radius 1 is 1.29 bits per heavy atom. The molecule has 3 heterocycles. The van der Waals surface area contributed by atoms with E-state index in [0.717, 1.165) is 11.1 Å². The monoisotopic (exact) mass is 385 g/mol. The molecule has 1 amide bonds. The van der Waals surface area contributed by atoms with Gasteiger partial charge < -0.3 is 14.6 Å². The molecule has 150 valence electrons. The van der Waals surface area contributed by atoms with E-state index in [4.69, 9.17) is 9.47 Å². The molecule has 7 nitrogen and oxygen atoms in total. The lowest BCUT2D eigenvalue weighted by Gasteiger charge is -2.50. The van der Waals surface area contributed by atoms with E-state index in [2.05, 4.69) is 18.9 Å². The van der Waals surface area contributed by atoms with E-state index in [9.17, 15) is 9.90 Å². The number of carbonyl (C=O) groups is 1. The molecule has 2 unspecified atom stereocenters. The molecule has 1 aromatic heterocycles. The molecule has 1 N–H and O–H groups in total. The number of aromatic nitrogens is 2. The smallest absolute Gasteiger partial charge is 0.410 e. The lowest BCUT2D eigenvalue weighted by atomic mass is 9.78. The van der Waals surface area contributed by atoms with Crippen LogP contribution in [0.1, 0.15) is 43.9 Å². The molecule has 2 bridgehead atoms. The zero-order valence-corrected chi connectivity index (χ0v) is 16.3. The number of amides is 1. The number of aliphatic hydroxyl groups is 1. The first-order valence-corrected chi connectivity index (χ1v) is 9.80. The molecule has 2 aromatic rings. The summed E-state index contributed by atoms with van der Waals surface area (Å²) in [6.45, 7) is 5.14. The summed E-state index contributed by atoms with van der Waals surface area (Å²) in [5, 5.41) is 15.7. The fourth-order valence-electron chi connectivity index (χ4n) is 4.16. The van der Waals surface area contributed by atoms with Crippen LogP contribution in [-0.4, -0.2) is 51.2 Å². The van der Waals surface area contributed by atoms with Crippen LogP contribution in [0.3, 0.4) is 0 Å². The van der Waals surface area contributed by atoms with Crippen LogP contribution in [0.5, 0.6) is 0 Å². The number of hydrogen-bond donors (Lipinski definition) is 1. The van der Waals surface area contributed by atoms with Gasteiger partial charge in [0.05, 0.1) is 37.1 Å². The van der Waals surface area contributed by atoms with Crippen molar-refractivity contribution in [3.8, 4) is 0 Å². The Morgan fingerprint density at radius 2 is 1.96 bits per heavy atom. The fourth-order valence-corrected chi connectivity index (χ4v) is 4.16. The SMILES string of the molecule is CC(C)n1cc(C2(O)CC3COCC(C2)N3C(=O)OCc2ccccc2)cn1. The van der Waals surface area contributed by atoms with Gasteiger partial charge in [-0.1, -0.05) is 30.3 Å². The molecule has 2 aliphatic heterocycles. The minimum Gasteiger partial charge on any atom is -0.445 e. The number of piperidine rings is 1. The number of hydrogen-bond acceptors (Lipinski definition) is 5. The average molecular weight is 385 g/mol. The van der Waals surface area contributed by atoms with Crippen LogP contribution < -0.4 is 0 Å². The normalized spacial score (nSPS) is 27.1. The van der Waals surface area contributed by atoms with Crippen LogP contribution in [0.2, 0.25) is 0 Å². The van der Waals surface area contributed by atoms with Crippen LogP contribution in [0, 0.1) is 0 Å². The van der Waals surface area contributed by atoms with Gasteiger partial charge in [-0.2, -0.15) is 5.10 Å². The first-order valence-electron chi connectivity index (χ1n) is 9.80. The summed E-state index contributed by atoms with van der Waals surface area (Å²) in [6.07, 6.45) is 4.12. The molecule has 1 aromatic carbocycles. The van der Waals surface area contributed by atoms with E-state index in [1.807, 2.05) is 41.2 Å². The Bertz CT molecular complexity index is 806. The fraction of sp³-hybridized carbons (Fsp3) is 0.524. The maximum absolute atomic E-state index is 12.8. The van der Waals surface area contributed by atoms with E-state index < -0.39 is 5.60 Å². The van der Waals surface area contributed by atoms with Crippen molar-refractivity contribution in [3.63, 3.8) is 0 Å². The van der Waals surface area contributed by atoms with Gasteiger partial charge in [0.25, 0.3) is 0 Å². The lowest BCUT2D eigenvalue weighted by molar-refractivity contribution is -0.137. The van der Waals surface area contributed by atoms with Gasteiger partial charge in [0, 0.05) is 30.6 Å². The highest BCUT2D eigenvalue weighted by molar-refractivity contribution is 5.69. The Morgan fingerprint density at radius 3 is 2.57 bits per heavy atom. The number of fused-ring (bicyclic) bond motifs is 2. The van der Waals surface area contributed by atoms with E-state index in [-0.39, 0.29) is 30.8 Å². The van der Waals surface area contributed by atoms with Crippen molar-refractivity contribution in [1.82, 2.24) is 14.7 Å². The van der Waals surface area contributed by atoms with Gasteiger partial charge >= 0.3 is 6.09 Å². The van der Waals surface area contributed by atoms with Crippen molar-refractivity contribution in [3.05, 3.63) is 53.9 Å². The quantitative estimate of drug-likeness (QED) is 0.876. The van der Waals surface area contributed by atoms with Gasteiger partial charge in [-0.25, -0.2) is 4.79 Å². The van der Waals surface area contributed by atoms with Gasteiger partial charge in [0.2, 0.25) is 0 Å². The summed E-state index contributed by atoms with van der Waals surface area (Å²) in [6, 6.07) is 9.42. The average Bonchev–Trinajstić information content (AvgIpc) is 3.18. The Hall–Kier alpha value is -2.38. The number of nitrogens with zero attached hydrogens (tertiary/aromatic N) is 3. The molecule has 28 heavy (non-hydrogen) atoms. The third kappa shape index (κ3) is 3.64. The summed E-state index contributed by atoms with van der Waals surface area (Å²) in [7, 11) is 0. The van der Waals surface area contributed by atoms with Gasteiger partial charge in [-0.3, -0.25) is 9.58 Å². The first kappa shape index (κ1) is 19.0. The van der Waals surface area contributed by atoms with Crippen LogP contribution in [0.4, 0.5) is 4.79 Å². The molecule has 2 aliphatic rings. The zero-order valence-electron chi connectivity index (χ0n) is 16.3. The van der Waals surface area contributed by atoms with Gasteiger partial charge in [-0.05, 0) is 19.4 Å². The first-order chi connectivity index (χ1) is 13.5. The van der Waals surface area contributed by atoms with Crippen LogP contribution in [0.25, 0.3) is 0 Å². The highest BCUT2D eigenvalue weighted by atomic mass is 16.6. The third-order valence-corrected chi connectivity index (χ3v) is 5.64. The predicted octanol–water partition coefficient (Wildman–Crippen LogP) is 2.85.